The Morgan fingerprint density at radius 2 is 1.76 bits per heavy atom. The summed E-state index contributed by atoms with van der Waals surface area (Å²) in [6.45, 7) is 11.6. The number of benzene rings is 1. The summed E-state index contributed by atoms with van der Waals surface area (Å²) in [7, 11) is 0. The van der Waals surface area contributed by atoms with Gasteiger partial charge >= 0.3 is 6.36 Å². The van der Waals surface area contributed by atoms with Gasteiger partial charge in [-0.25, -0.2) is 14.4 Å². The molecule has 1 aliphatic carbocycles. The first-order valence-electron chi connectivity index (χ1n) is 14.5. The second-order valence-electron chi connectivity index (χ2n) is 11.7. The van der Waals surface area contributed by atoms with Gasteiger partial charge in [-0.05, 0) is 43.9 Å². The van der Waals surface area contributed by atoms with E-state index in [0.29, 0.717) is 56.4 Å². The minimum absolute atomic E-state index is 0.116. The zero-order valence-corrected chi connectivity index (χ0v) is 24.1. The van der Waals surface area contributed by atoms with Crippen LogP contribution in [0.1, 0.15) is 62.0 Å². The van der Waals surface area contributed by atoms with Gasteiger partial charge in [0.05, 0.1) is 17.7 Å². The van der Waals surface area contributed by atoms with Gasteiger partial charge in [0.15, 0.2) is 11.6 Å². The number of carbonyl (C=O) groups is 1. The fourth-order valence-corrected chi connectivity index (χ4v) is 6.30. The molecule has 1 N–H and O–H groups in total. The van der Waals surface area contributed by atoms with Crippen LogP contribution in [0.25, 0.3) is 0 Å². The molecule has 0 unspecified atom stereocenters. The van der Waals surface area contributed by atoms with E-state index in [0.717, 1.165) is 49.7 Å². The minimum Gasteiger partial charge on any atom is -0.403 e. The number of carbonyl (C=O) groups excluding carboxylic acids is 1. The van der Waals surface area contributed by atoms with Gasteiger partial charge in [-0.2, -0.15) is 0 Å². The van der Waals surface area contributed by atoms with Crippen LogP contribution in [0.15, 0.2) is 24.5 Å². The van der Waals surface area contributed by atoms with E-state index in [1.807, 2.05) is 6.92 Å². The second-order valence-corrected chi connectivity index (χ2v) is 11.7. The maximum atomic E-state index is 14.8. The number of aromatic nitrogens is 2. The second kappa shape index (κ2) is 12.3. The van der Waals surface area contributed by atoms with Crippen LogP contribution >= 0.6 is 0 Å². The summed E-state index contributed by atoms with van der Waals surface area (Å²) >= 11 is 0. The van der Waals surface area contributed by atoms with Gasteiger partial charge in [0.1, 0.15) is 12.1 Å². The summed E-state index contributed by atoms with van der Waals surface area (Å²) < 4.78 is 56.8. The molecule has 2 saturated heterocycles. The van der Waals surface area contributed by atoms with Crippen LogP contribution in [0.3, 0.4) is 0 Å². The van der Waals surface area contributed by atoms with Crippen LogP contribution in [0, 0.1) is 5.82 Å². The van der Waals surface area contributed by atoms with Crippen molar-refractivity contribution in [2.24, 2.45) is 0 Å². The first-order valence-corrected chi connectivity index (χ1v) is 14.5. The molecule has 1 aromatic heterocycles. The highest BCUT2D eigenvalue weighted by Gasteiger charge is 2.37. The maximum Gasteiger partial charge on any atom is 0.573 e. The first-order chi connectivity index (χ1) is 19.9. The summed E-state index contributed by atoms with van der Waals surface area (Å²) in [5, 5.41) is 10.4. The molecule has 230 valence electrons. The average Bonchev–Trinajstić information content (AvgIpc) is 3.25. The molecule has 1 aromatic carbocycles. The van der Waals surface area contributed by atoms with E-state index >= 15 is 0 Å². The number of anilines is 1. The predicted octanol–water partition coefficient (Wildman–Crippen LogP) is 3.51. The normalized spacial score (nSPS) is 22.9. The van der Waals surface area contributed by atoms with Gasteiger partial charge < -0.3 is 19.6 Å². The van der Waals surface area contributed by atoms with E-state index in [-0.39, 0.29) is 11.8 Å². The Labute approximate surface area is 243 Å². The minimum atomic E-state index is -5.02. The smallest absolute Gasteiger partial charge is 0.403 e. The number of halogens is 4. The zero-order chi connectivity index (χ0) is 30.2. The van der Waals surface area contributed by atoms with Gasteiger partial charge in [-0.3, -0.25) is 14.6 Å². The van der Waals surface area contributed by atoms with E-state index in [1.54, 1.807) is 4.90 Å². The Morgan fingerprint density at radius 1 is 1.07 bits per heavy atom. The number of ether oxygens (including phenoxy) is 1. The van der Waals surface area contributed by atoms with Crippen molar-refractivity contribution in [3.8, 4) is 5.75 Å². The zero-order valence-electron chi connectivity index (χ0n) is 24.1. The Morgan fingerprint density at radius 3 is 2.38 bits per heavy atom. The van der Waals surface area contributed by atoms with Crippen molar-refractivity contribution >= 4 is 11.7 Å². The molecule has 0 spiro atoms. The lowest BCUT2D eigenvalue weighted by Crippen LogP contribution is -2.53. The van der Waals surface area contributed by atoms with Crippen molar-refractivity contribution < 1.29 is 32.2 Å². The van der Waals surface area contributed by atoms with Gasteiger partial charge in [-0.15, -0.1) is 13.2 Å². The number of alkyl halides is 3. The Balaban J connectivity index is 1.32. The fraction of sp³-hybridized carbons (Fsp3) is 0.621. The standard InChI is InChI=1S/C29H38F4N6O3/c1-18(2)37-8-6-36(7-9-37)16-21(20-4-5-24(22(30)15-20)42-29(31,32)33)28(41)39-12-10-38(11-13-39)27-25-19(3)14-23(40)26(25)34-17-35-27/h4-5,15,17-19,21,23,40H,6-14,16H2,1-3H3/t19-,21-,23-/m1/s1. The van der Waals surface area contributed by atoms with Crippen molar-refractivity contribution in [3.63, 3.8) is 0 Å². The predicted molar refractivity (Wildman–Crippen MR) is 148 cm³/mol. The molecule has 1 amide bonds. The van der Waals surface area contributed by atoms with Crippen molar-refractivity contribution in [1.82, 2.24) is 24.7 Å². The summed E-state index contributed by atoms with van der Waals surface area (Å²) in [6, 6.07) is 3.68. The average molecular weight is 595 g/mol. The van der Waals surface area contributed by atoms with Gasteiger partial charge in [0.25, 0.3) is 0 Å². The third-order valence-corrected chi connectivity index (χ3v) is 8.63. The number of hydrogen-bond donors (Lipinski definition) is 1. The molecule has 3 heterocycles. The summed E-state index contributed by atoms with van der Waals surface area (Å²) in [6.07, 6.45) is -3.58. The lowest BCUT2D eigenvalue weighted by molar-refractivity contribution is -0.275. The largest absolute Gasteiger partial charge is 0.573 e. The van der Waals surface area contributed by atoms with Crippen molar-refractivity contribution in [2.75, 3.05) is 63.8 Å². The number of aliphatic hydroxyl groups is 1. The van der Waals surface area contributed by atoms with E-state index in [2.05, 4.69) is 43.3 Å². The van der Waals surface area contributed by atoms with Gasteiger partial charge in [0, 0.05) is 70.5 Å². The van der Waals surface area contributed by atoms with E-state index in [9.17, 15) is 27.5 Å². The molecule has 2 aliphatic heterocycles. The highest BCUT2D eigenvalue weighted by atomic mass is 19.4. The third-order valence-electron chi connectivity index (χ3n) is 8.63. The number of nitrogens with zero attached hydrogens (tertiary/aromatic N) is 6. The summed E-state index contributed by atoms with van der Waals surface area (Å²) in [5.41, 5.74) is 1.92. The molecule has 42 heavy (non-hydrogen) atoms. The molecule has 5 rings (SSSR count). The maximum absolute atomic E-state index is 14.8. The number of rotatable bonds is 7. The molecule has 13 heteroatoms. The monoisotopic (exact) mass is 594 g/mol. The lowest BCUT2D eigenvalue weighted by Gasteiger charge is -2.40. The fourth-order valence-electron chi connectivity index (χ4n) is 6.30. The molecule has 2 fully saturated rings. The first kappa shape index (κ1) is 30.4. The van der Waals surface area contributed by atoms with E-state index < -0.39 is 30.0 Å². The number of aliphatic hydroxyl groups excluding tert-OH is 1. The van der Waals surface area contributed by atoms with E-state index in [4.69, 9.17) is 0 Å². The van der Waals surface area contributed by atoms with Crippen LogP contribution in [-0.4, -0.2) is 107 Å². The molecule has 0 saturated carbocycles. The van der Waals surface area contributed by atoms with Crippen LogP contribution in [0.4, 0.5) is 23.4 Å². The highest BCUT2D eigenvalue weighted by Crippen LogP contribution is 2.43. The molecule has 9 nitrogen and oxygen atoms in total. The van der Waals surface area contributed by atoms with Crippen LogP contribution < -0.4 is 9.64 Å². The van der Waals surface area contributed by atoms with Gasteiger partial charge in [-0.1, -0.05) is 13.0 Å². The Kier molecular flexibility index (Phi) is 8.91. The Bertz CT molecular complexity index is 1260. The molecule has 0 radical (unpaired) electrons. The lowest BCUT2D eigenvalue weighted by atomic mass is 9.95. The highest BCUT2D eigenvalue weighted by molar-refractivity contribution is 5.84. The molecule has 0 bridgehead atoms. The van der Waals surface area contributed by atoms with Crippen molar-refractivity contribution in [1.29, 1.82) is 0 Å². The third kappa shape index (κ3) is 6.63. The van der Waals surface area contributed by atoms with Crippen LogP contribution in [0.5, 0.6) is 5.75 Å². The van der Waals surface area contributed by atoms with E-state index in [1.165, 1.54) is 12.4 Å². The molecule has 2 aromatic rings. The number of piperazine rings is 2. The molecule has 3 atom stereocenters. The Hall–Kier alpha value is -3.03. The summed E-state index contributed by atoms with van der Waals surface area (Å²) in [4.78, 5) is 31.1. The number of amides is 1. The van der Waals surface area contributed by atoms with Crippen LogP contribution in [0.2, 0.25) is 0 Å². The van der Waals surface area contributed by atoms with Crippen molar-refractivity contribution in [2.45, 2.75) is 57.5 Å². The quantitative estimate of drug-likeness (QED) is 0.488. The van der Waals surface area contributed by atoms with Gasteiger partial charge in [0.2, 0.25) is 5.91 Å². The van der Waals surface area contributed by atoms with Crippen molar-refractivity contribution in [3.05, 3.63) is 47.2 Å². The van der Waals surface area contributed by atoms with Crippen LogP contribution in [-0.2, 0) is 4.79 Å². The molecular weight excluding hydrogens is 556 g/mol. The summed E-state index contributed by atoms with van der Waals surface area (Å²) in [5.74, 6) is -2.14. The topological polar surface area (TPSA) is 85.3 Å². The number of fused-ring (bicyclic) bond motifs is 1. The SMILES string of the molecule is CC(C)N1CCN(C[C@@H](C(=O)N2CCN(c3ncnc4c3[C@H](C)C[C@H]4O)CC2)c2ccc(OC(F)(F)F)c(F)c2)CC1. The molecular formula is C29H38F4N6O3. The number of hydrogen-bond acceptors (Lipinski definition) is 8. The molecule has 3 aliphatic rings.